The first-order valence-corrected chi connectivity index (χ1v) is 7.30. The molecule has 0 fully saturated rings. The molecule has 1 unspecified atom stereocenters. The molecule has 3 nitrogen and oxygen atoms in total. The number of hydrogen-bond acceptors (Lipinski definition) is 3. The maximum atomic E-state index is 12.7. The van der Waals surface area contributed by atoms with Crippen LogP contribution in [-0.2, 0) is 0 Å². The molecule has 112 valence electrons. The second-order valence-corrected chi connectivity index (χ2v) is 5.66. The van der Waals surface area contributed by atoms with Gasteiger partial charge in [-0.3, -0.25) is 4.79 Å². The van der Waals surface area contributed by atoms with Crippen molar-refractivity contribution in [3.8, 4) is 11.3 Å². The molecular formula is C19H18O3. The van der Waals surface area contributed by atoms with Gasteiger partial charge in [-0.05, 0) is 38.5 Å². The van der Waals surface area contributed by atoms with E-state index in [1.54, 1.807) is 13.8 Å². The number of benzene rings is 2. The summed E-state index contributed by atoms with van der Waals surface area (Å²) in [5.74, 6) is 0.559. The predicted molar refractivity (Wildman–Crippen MR) is 88.0 cm³/mol. The third kappa shape index (κ3) is 2.34. The van der Waals surface area contributed by atoms with Crippen LogP contribution in [0, 0.1) is 13.8 Å². The largest absolute Gasteiger partial charge is 0.455 e. The minimum absolute atomic E-state index is 0.0503. The Labute approximate surface area is 128 Å². The van der Waals surface area contributed by atoms with Gasteiger partial charge in [0.25, 0.3) is 0 Å². The van der Waals surface area contributed by atoms with E-state index in [0.717, 1.165) is 11.1 Å². The summed E-state index contributed by atoms with van der Waals surface area (Å²) in [6.07, 6.45) is -0.697. The Kier molecular flexibility index (Phi) is 3.59. The summed E-state index contributed by atoms with van der Waals surface area (Å²) in [6, 6.07) is 13.2. The smallest absolute Gasteiger partial charge is 0.196 e. The van der Waals surface area contributed by atoms with Crippen LogP contribution in [0.2, 0.25) is 0 Å². The van der Waals surface area contributed by atoms with Crippen LogP contribution in [-0.4, -0.2) is 5.11 Å². The lowest BCUT2D eigenvalue weighted by Gasteiger charge is -2.13. The van der Waals surface area contributed by atoms with Gasteiger partial charge in [0.05, 0.1) is 11.5 Å². The van der Waals surface area contributed by atoms with Gasteiger partial charge in [-0.15, -0.1) is 0 Å². The minimum Gasteiger partial charge on any atom is -0.455 e. The van der Waals surface area contributed by atoms with E-state index in [4.69, 9.17) is 4.42 Å². The molecule has 0 amide bonds. The fourth-order valence-electron chi connectivity index (χ4n) is 2.74. The molecule has 1 aromatic heterocycles. The number of aryl methyl sites for hydroxylation is 1. The first kappa shape index (κ1) is 14.5. The summed E-state index contributed by atoms with van der Waals surface area (Å²) in [4.78, 5) is 12.7. The van der Waals surface area contributed by atoms with Crippen LogP contribution >= 0.6 is 0 Å². The molecule has 0 aliphatic rings. The second kappa shape index (κ2) is 5.43. The van der Waals surface area contributed by atoms with Crippen molar-refractivity contribution in [2.75, 3.05) is 0 Å². The van der Waals surface area contributed by atoms with E-state index in [1.165, 1.54) is 0 Å². The lowest BCUT2D eigenvalue weighted by Crippen LogP contribution is -2.09. The van der Waals surface area contributed by atoms with Crippen LogP contribution in [0.1, 0.15) is 29.7 Å². The summed E-state index contributed by atoms with van der Waals surface area (Å²) in [5, 5.41) is 10.5. The first-order valence-electron chi connectivity index (χ1n) is 7.30. The molecule has 0 aliphatic heterocycles. The van der Waals surface area contributed by atoms with E-state index >= 15 is 0 Å². The molecule has 0 radical (unpaired) electrons. The number of hydrogen-bond donors (Lipinski definition) is 1. The summed E-state index contributed by atoms with van der Waals surface area (Å²) in [7, 11) is 0. The predicted octanol–water partition coefficient (Wildman–Crippen LogP) is 4.13. The summed E-state index contributed by atoms with van der Waals surface area (Å²) in [5.41, 5.74) is 3.43. The Hall–Kier alpha value is -2.39. The van der Waals surface area contributed by atoms with E-state index in [2.05, 4.69) is 0 Å². The van der Waals surface area contributed by atoms with Gasteiger partial charge in [-0.2, -0.15) is 0 Å². The Morgan fingerprint density at radius 3 is 2.41 bits per heavy atom. The van der Waals surface area contributed by atoms with Gasteiger partial charge in [0, 0.05) is 16.7 Å². The maximum absolute atomic E-state index is 12.7. The Bertz CT molecular complexity index is 890. The lowest BCUT2D eigenvalue weighted by atomic mass is 10.00. The van der Waals surface area contributed by atoms with Gasteiger partial charge in [0.15, 0.2) is 5.43 Å². The molecule has 0 spiro atoms. The van der Waals surface area contributed by atoms with Crippen molar-refractivity contribution in [2.24, 2.45) is 0 Å². The quantitative estimate of drug-likeness (QED) is 0.773. The molecule has 0 bridgehead atoms. The molecule has 0 saturated heterocycles. The van der Waals surface area contributed by atoms with Crippen LogP contribution < -0.4 is 5.43 Å². The monoisotopic (exact) mass is 294 g/mol. The zero-order valence-electron chi connectivity index (χ0n) is 12.9. The molecule has 0 saturated carbocycles. The molecule has 22 heavy (non-hydrogen) atoms. The fraction of sp³-hybridized carbons (Fsp3) is 0.211. The van der Waals surface area contributed by atoms with Gasteiger partial charge in [0.2, 0.25) is 0 Å². The fourth-order valence-corrected chi connectivity index (χ4v) is 2.74. The molecule has 3 aromatic rings. The Morgan fingerprint density at radius 1 is 1.09 bits per heavy atom. The van der Waals surface area contributed by atoms with Crippen molar-refractivity contribution in [3.63, 3.8) is 0 Å². The van der Waals surface area contributed by atoms with E-state index in [1.807, 2.05) is 49.4 Å². The SMILES string of the molecule is Cc1cc(C(C)O)c2oc(-c3ccccc3)c(C)c(=O)c2c1. The van der Waals surface area contributed by atoms with Gasteiger partial charge < -0.3 is 9.52 Å². The van der Waals surface area contributed by atoms with Crippen molar-refractivity contribution in [1.29, 1.82) is 0 Å². The molecule has 0 aliphatic carbocycles. The number of aliphatic hydroxyl groups is 1. The zero-order valence-corrected chi connectivity index (χ0v) is 12.9. The third-order valence-electron chi connectivity index (χ3n) is 3.88. The van der Waals surface area contributed by atoms with Gasteiger partial charge in [-0.25, -0.2) is 0 Å². The molecular weight excluding hydrogens is 276 g/mol. The van der Waals surface area contributed by atoms with E-state index in [-0.39, 0.29) is 5.43 Å². The normalized spacial score (nSPS) is 12.5. The highest BCUT2D eigenvalue weighted by atomic mass is 16.3. The number of fused-ring (bicyclic) bond motifs is 1. The first-order chi connectivity index (χ1) is 10.5. The molecule has 2 aromatic carbocycles. The Balaban J connectivity index is 2.43. The average molecular weight is 294 g/mol. The van der Waals surface area contributed by atoms with Crippen molar-refractivity contribution < 1.29 is 9.52 Å². The van der Waals surface area contributed by atoms with Crippen molar-refractivity contribution in [1.82, 2.24) is 0 Å². The van der Waals surface area contributed by atoms with Crippen LogP contribution in [0.3, 0.4) is 0 Å². The van der Waals surface area contributed by atoms with Gasteiger partial charge in [-0.1, -0.05) is 30.3 Å². The zero-order chi connectivity index (χ0) is 15.9. The molecule has 3 heteroatoms. The Morgan fingerprint density at radius 2 is 1.77 bits per heavy atom. The van der Waals surface area contributed by atoms with Crippen LogP contribution in [0.5, 0.6) is 0 Å². The topological polar surface area (TPSA) is 50.4 Å². The average Bonchev–Trinajstić information content (AvgIpc) is 2.51. The highest BCUT2D eigenvalue weighted by Gasteiger charge is 2.17. The summed E-state index contributed by atoms with van der Waals surface area (Å²) in [6.45, 7) is 5.36. The van der Waals surface area contributed by atoms with E-state index < -0.39 is 6.10 Å². The highest BCUT2D eigenvalue weighted by Crippen LogP contribution is 2.30. The van der Waals surface area contributed by atoms with Crippen LogP contribution in [0.15, 0.2) is 51.7 Å². The molecule has 3 rings (SSSR count). The molecule has 1 N–H and O–H groups in total. The standard InChI is InChI=1S/C19H18O3/c1-11-9-15(13(3)20)19-16(10-11)17(21)12(2)18(22-19)14-7-5-4-6-8-14/h4-10,13,20H,1-3H3. The van der Waals surface area contributed by atoms with Gasteiger partial charge in [0.1, 0.15) is 11.3 Å². The van der Waals surface area contributed by atoms with E-state index in [9.17, 15) is 9.90 Å². The van der Waals surface area contributed by atoms with Crippen molar-refractivity contribution in [2.45, 2.75) is 26.9 Å². The van der Waals surface area contributed by atoms with Crippen molar-refractivity contribution >= 4 is 11.0 Å². The minimum atomic E-state index is -0.697. The molecule has 1 heterocycles. The lowest BCUT2D eigenvalue weighted by molar-refractivity contribution is 0.199. The van der Waals surface area contributed by atoms with Crippen molar-refractivity contribution in [3.05, 3.63) is 69.4 Å². The summed E-state index contributed by atoms with van der Waals surface area (Å²) < 4.78 is 6.05. The van der Waals surface area contributed by atoms with Crippen LogP contribution in [0.25, 0.3) is 22.3 Å². The number of aliphatic hydroxyl groups excluding tert-OH is 1. The number of rotatable bonds is 2. The third-order valence-corrected chi connectivity index (χ3v) is 3.88. The van der Waals surface area contributed by atoms with Gasteiger partial charge >= 0.3 is 0 Å². The highest BCUT2D eigenvalue weighted by molar-refractivity contribution is 5.84. The maximum Gasteiger partial charge on any atom is 0.196 e. The van der Waals surface area contributed by atoms with E-state index in [0.29, 0.717) is 27.9 Å². The molecule has 1 atom stereocenters. The summed E-state index contributed by atoms with van der Waals surface area (Å²) >= 11 is 0. The van der Waals surface area contributed by atoms with Crippen LogP contribution in [0.4, 0.5) is 0 Å². The second-order valence-electron chi connectivity index (χ2n) is 5.66.